The highest BCUT2D eigenvalue weighted by Crippen LogP contribution is 2.43. The van der Waals surface area contributed by atoms with Crippen LogP contribution in [0, 0.1) is 0 Å². The van der Waals surface area contributed by atoms with Crippen molar-refractivity contribution in [3.8, 4) is 11.5 Å². The molecule has 192 valence electrons. The average molecular weight is 534 g/mol. The number of H-pyrrole nitrogens is 1. The number of aliphatic hydroxyl groups is 1. The van der Waals surface area contributed by atoms with Gasteiger partial charge in [-0.3, -0.25) is 14.5 Å². The van der Waals surface area contributed by atoms with Crippen molar-refractivity contribution in [2.75, 3.05) is 19.1 Å². The van der Waals surface area contributed by atoms with Crippen LogP contribution < -0.4 is 14.4 Å². The standard InChI is InChI=1S/C27H20ClN3O7/c1-37-15-5-3-4-13(10-15)22-21(23(32)17-12-16(38-2)7-8-18(17)28)24(33)25(34)31(22)27-29-19-9-6-14(26(35)36)11-20(19)30-27/h3-12,22,32H,1-2H3,(H,29,30)(H,35,36)/b23-21+. The molecular weight excluding hydrogens is 514 g/mol. The maximum absolute atomic E-state index is 13.4. The minimum absolute atomic E-state index is 0.00625. The lowest BCUT2D eigenvalue weighted by Gasteiger charge is -2.23. The van der Waals surface area contributed by atoms with Gasteiger partial charge in [0.2, 0.25) is 5.95 Å². The number of hydrogen-bond donors (Lipinski definition) is 3. The van der Waals surface area contributed by atoms with Crippen molar-refractivity contribution in [2.45, 2.75) is 6.04 Å². The molecule has 38 heavy (non-hydrogen) atoms. The Morgan fingerprint density at radius 2 is 1.74 bits per heavy atom. The number of carboxylic acids is 1. The number of aliphatic hydroxyl groups excluding tert-OH is 1. The van der Waals surface area contributed by atoms with Crippen molar-refractivity contribution in [3.05, 3.63) is 87.9 Å². The van der Waals surface area contributed by atoms with Gasteiger partial charge in [0.05, 0.1) is 47.5 Å². The minimum atomic E-state index is -1.13. The first-order valence-electron chi connectivity index (χ1n) is 11.3. The first kappa shape index (κ1) is 24.8. The Labute approximate surface area is 220 Å². The minimum Gasteiger partial charge on any atom is -0.507 e. The molecule has 1 saturated heterocycles. The van der Waals surface area contributed by atoms with Crippen molar-refractivity contribution >= 4 is 52.0 Å². The fourth-order valence-electron chi connectivity index (χ4n) is 4.38. The van der Waals surface area contributed by atoms with E-state index < -0.39 is 29.5 Å². The van der Waals surface area contributed by atoms with Crippen LogP contribution in [0.15, 0.2) is 66.2 Å². The smallest absolute Gasteiger partial charge is 0.335 e. The number of benzene rings is 3. The molecule has 1 unspecified atom stereocenters. The Kier molecular flexibility index (Phi) is 6.25. The monoisotopic (exact) mass is 533 g/mol. The van der Waals surface area contributed by atoms with Crippen LogP contribution in [-0.4, -0.2) is 52.1 Å². The van der Waals surface area contributed by atoms with Gasteiger partial charge in [0.15, 0.2) is 0 Å². The van der Waals surface area contributed by atoms with Crippen LogP contribution >= 0.6 is 11.6 Å². The normalized spacial score (nSPS) is 16.7. The summed E-state index contributed by atoms with van der Waals surface area (Å²) < 4.78 is 10.6. The number of fused-ring (bicyclic) bond motifs is 1. The molecule has 0 saturated carbocycles. The number of amides is 1. The largest absolute Gasteiger partial charge is 0.507 e. The summed E-state index contributed by atoms with van der Waals surface area (Å²) in [4.78, 5) is 46.8. The molecule has 0 bridgehead atoms. The molecule has 1 atom stereocenters. The second-order valence-electron chi connectivity index (χ2n) is 8.39. The lowest BCUT2D eigenvalue weighted by molar-refractivity contribution is -0.132. The summed E-state index contributed by atoms with van der Waals surface area (Å²) in [6, 6.07) is 14.4. The molecule has 3 aromatic carbocycles. The number of aromatic nitrogens is 2. The van der Waals surface area contributed by atoms with Crippen LogP contribution in [0.2, 0.25) is 5.02 Å². The summed E-state index contributed by atoms with van der Waals surface area (Å²) in [6.45, 7) is 0. The predicted molar refractivity (Wildman–Crippen MR) is 139 cm³/mol. The van der Waals surface area contributed by atoms with Gasteiger partial charge in [-0.25, -0.2) is 9.78 Å². The Morgan fingerprint density at radius 3 is 2.45 bits per heavy atom. The second kappa shape index (κ2) is 9.56. The van der Waals surface area contributed by atoms with Crippen LogP contribution in [0.25, 0.3) is 16.8 Å². The fourth-order valence-corrected chi connectivity index (χ4v) is 4.59. The molecule has 1 fully saturated rings. The highest BCUT2D eigenvalue weighted by atomic mass is 35.5. The average Bonchev–Trinajstić information content (AvgIpc) is 3.46. The van der Waals surface area contributed by atoms with Gasteiger partial charge in [0.1, 0.15) is 17.3 Å². The van der Waals surface area contributed by atoms with Crippen molar-refractivity contribution < 1.29 is 34.1 Å². The maximum atomic E-state index is 13.4. The number of imidazole rings is 1. The third-order valence-corrected chi connectivity index (χ3v) is 6.56. The number of hydrogen-bond acceptors (Lipinski definition) is 7. The lowest BCUT2D eigenvalue weighted by atomic mass is 9.95. The Hall–Kier alpha value is -4.83. The third kappa shape index (κ3) is 4.10. The van der Waals surface area contributed by atoms with Crippen LogP contribution in [0.5, 0.6) is 11.5 Å². The second-order valence-corrected chi connectivity index (χ2v) is 8.80. The van der Waals surface area contributed by atoms with E-state index in [1.54, 1.807) is 30.3 Å². The molecular formula is C27H20ClN3O7. The van der Waals surface area contributed by atoms with Crippen molar-refractivity contribution in [1.82, 2.24) is 9.97 Å². The molecule has 4 aromatic rings. The van der Waals surface area contributed by atoms with E-state index in [0.717, 1.165) is 4.90 Å². The van der Waals surface area contributed by atoms with Gasteiger partial charge in [-0.05, 0) is 54.1 Å². The molecule has 0 aliphatic carbocycles. The van der Waals surface area contributed by atoms with Gasteiger partial charge < -0.3 is 24.7 Å². The van der Waals surface area contributed by atoms with Gasteiger partial charge in [0, 0.05) is 5.56 Å². The van der Waals surface area contributed by atoms with E-state index in [1.807, 2.05) is 0 Å². The predicted octanol–water partition coefficient (Wildman–Crippen LogP) is 4.56. The summed E-state index contributed by atoms with van der Waals surface area (Å²) in [5.41, 5.74) is 1.09. The van der Waals surface area contributed by atoms with Crippen molar-refractivity contribution in [2.24, 2.45) is 0 Å². The van der Waals surface area contributed by atoms with Crippen LogP contribution in [0.3, 0.4) is 0 Å². The van der Waals surface area contributed by atoms with Gasteiger partial charge in [-0.1, -0.05) is 23.7 Å². The van der Waals surface area contributed by atoms with E-state index in [-0.39, 0.29) is 27.7 Å². The number of aromatic amines is 1. The number of anilines is 1. The van der Waals surface area contributed by atoms with E-state index in [2.05, 4.69) is 9.97 Å². The number of ketones is 1. The zero-order valence-electron chi connectivity index (χ0n) is 20.1. The number of aromatic carboxylic acids is 1. The van der Waals surface area contributed by atoms with Gasteiger partial charge >= 0.3 is 11.9 Å². The van der Waals surface area contributed by atoms with Crippen LogP contribution in [0.1, 0.15) is 27.5 Å². The first-order chi connectivity index (χ1) is 18.2. The molecule has 1 aliphatic heterocycles. The van der Waals surface area contributed by atoms with Crippen LogP contribution in [-0.2, 0) is 9.59 Å². The van der Waals surface area contributed by atoms with Crippen LogP contribution in [0.4, 0.5) is 5.95 Å². The maximum Gasteiger partial charge on any atom is 0.335 e. The number of halogens is 1. The molecule has 1 aliphatic rings. The van der Waals surface area contributed by atoms with Gasteiger partial charge in [-0.15, -0.1) is 0 Å². The molecule has 1 amide bonds. The topological polar surface area (TPSA) is 142 Å². The molecule has 1 aromatic heterocycles. The number of carbonyl (C=O) groups excluding carboxylic acids is 2. The summed E-state index contributed by atoms with van der Waals surface area (Å²) in [7, 11) is 2.92. The van der Waals surface area contributed by atoms with E-state index >= 15 is 0 Å². The zero-order chi connectivity index (χ0) is 27.1. The van der Waals surface area contributed by atoms with Crippen molar-refractivity contribution in [3.63, 3.8) is 0 Å². The first-order valence-corrected chi connectivity index (χ1v) is 11.6. The zero-order valence-corrected chi connectivity index (χ0v) is 20.8. The summed E-state index contributed by atoms with van der Waals surface area (Å²) in [5.74, 6) is -2.69. The number of carboxylic acid groups (broad SMARTS) is 1. The molecule has 0 spiro atoms. The van der Waals surface area contributed by atoms with E-state index in [0.29, 0.717) is 28.1 Å². The molecule has 0 radical (unpaired) electrons. The highest BCUT2D eigenvalue weighted by molar-refractivity contribution is 6.51. The summed E-state index contributed by atoms with van der Waals surface area (Å²) in [5, 5.41) is 20.9. The number of methoxy groups -OCH3 is 2. The molecule has 10 nitrogen and oxygen atoms in total. The molecule has 5 rings (SSSR count). The number of rotatable bonds is 6. The molecule has 2 heterocycles. The fraction of sp³-hybridized carbons (Fsp3) is 0.111. The number of nitrogens with one attached hydrogen (secondary N) is 1. The summed E-state index contributed by atoms with van der Waals surface area (Å²) in [6.07, 6.45) is 0. The van der Waals surface area contributed by atoms with Gasteiger partial charge in [0.25, 0.3) is 5.78 Å². The number of nitrogens with zero attached hydrogens (tertiary/aromatic N) is 2. The highest BCUT2D eigenvalue weighted by Gasteiger charge is 2.48. The number of carbonyl (C=O) groups is 3. The third-order valence-electron chi connectivity index (χ3n) is 6.23. The number of ether oxygens (including phenoxy) is 2. The summed E-state index contributed by atoms with van der Waals surface area (Å²) >= 11 is 6.35. The lowest BCUT2D eigenvalue weighted by Crippen LogP contribution is -2.30. The van der Waals surface area contributed by atoms with E-state index in [9.17, 15) is 24.6 Å². The van der Waals surface area contributed by atoms with E-state index in [1.165, 1.54) is 44.6 Å². The van der Waals surface area contributed by atoms with Gasteiger partial charge in [-0.2, -0.15) is 0 Å². The van der Waals surface area contributed by atoms with E-state index in [4.69, 9.17) is 21.1 Å². The molecule has 3 N–H and O–H groups in total. The number of Topliss-reactive ketones (excluding diaryl/α,β-unsaturated/α-hetero) is 1. The SMILES string of the molecule is COc1cccc(C2/C(=C(\O)c3cc(OC)ccc3Cl)C(=O)C(=O)N2c2nc3ccc(C(=O)O)cc3[nH]2)c1. The quantitative estimate of drug-likeness (QED) is 0.186. The van der Waals surface area contributed by atoms with Crippen molar-refractivity contribution in [1.29, 1.82) is 0 Å². The Bertz CT molecular complexity index is 1660. The Balaban J connectivity index is 1.75. The molecule has 11 heteroatoms. The Morgan fingerprint density at radius 1 is 1.00 bits per heavy atom.